The maximum absolute atomic E-state index is 12.3. The summed E-state index contributed by atoms with van der Waals surface area (Å²) in [4.78, 5) is 26.3. The van der Waals surface area contributed by atoms with Gasteiger partial charge in [0.05, 0.1) is 15.5 Å². The number of halogens is 1. The zero-order valence-electron chi connectivity index (χ0n) is 12.1. The maximum Gasteiger partial charge on any atom is 0.357 e. The molecule has 0 radical (unpaired) electrons. The molecule has 1 aliphatic rings. The molecule has 0 amide bonds. The molecule has 0 fully saturated rings. The number of fused-ring (bicyclic) bond motifs is 2. The zero-order valence-corrected chi connectivity index (χ0v) is 14.2. The van der Waals surface area contributed by atoms with Crippen molar-refractivity contribution in [2.45, 2.75) is 0 Å². The van der Waals surface area contributed by atoms with E-state index in [0.29, 0.717) is 39.5 Å². The number of aromatic amines is 1. The quantitative estimate of drug-likeness (QED) is 0.590. The maximum atomic E-state index is 12.3. The Morgan fingerprint density at radius 1 is 1.29 bits per heavy atom. The topological polar surface area (TPSA) is 106 Å². The van der Waals surface area contributed by atoms with Crippen LogP contribution in [-0.4, -0.2) is 38.9 Å². The number of aromatic nitrogens is 3. The van der Waals surface area contributed by atoms with E-state index in [1.54, 1.807) is 24.4 Å². The molecule has 2 aromatic heterocycles. The van der Waals surface area contributed by atoms with Crippen molar-refractivity contribution in [2.75, 3.05) is 13.2 Å². The smallest absolute Gasteiger partial charge is 0.357 e. The van der Waals surface area contributed by atoms with Crippen molar-refractivity contribution in [3.8, 4) is 22.8 Å². The van der Waals surface area contributed by atoms with Crippen LogP contribution < -0.4 is 15.0 Å². The van der Waals surface area contributed by atoms with Gasteiger partial charge in [0.2, 0.25) is 0 Å². The van der Waals surface area contributed by atoms with Crippen LogP contribution in [0.5, 0.6) is 11.5 Å². The average Bonchev–Trinajstić information content (AvgIpc) is 2.92. The normalized spacial score (nSPS) is 13.2. The lowest BCUT2D eigenvalue weighted by molar-refractivity contribution is 0.0689. The minimum atomic E-state index is -1.18. The highest BCUT2D eigenvalue weighted by atomic mass is 127. The van der Waals surface area contributed by atoms with Crippen LogP contribution in [0.3, 0.4) is 0 Å². The molecule has 2 N–H and O–H groups in total. The SMILES string of the molecule is O=C(O)c1nn2cc(-c3ccc4c(c3)OCCO4)[nH]c(=O)c2c1I. The lowest BCUT2D eigenvalue weighted by atomic mass is 10.1. The molecule has 3 aromatic rings. The first-order chi connectivity index (χ1) is 11.5. The third kappa shape index (κ3) is 2.31. The highest BCUT2D eigenvalue weighted by Gasteiger charge is 2.20. The summed E-state index contributed by atoms with van der Waals surface area (Å²) in [6, 6.07) is 5.32. The van der Waals surface area contributed by atoms with Crippen molar-refractivity contribution >= 4 is 34.1 Å². The van der Waals surface area contributed by atoms with Crippen LogP contribution in [0.1, 0.15) is 10.5 Å². The molecule has 4 rings (SSSR count). The van der Waals surface area contributed by atoms with Crippen molar-refractivity contribution in [3.05, 3.63) is 44.0 Å². The first kappa shape index (κ1) is 15.0. The van der Waals surface area contributed by atoms with Gasteiger partial charge in [0.25, 0.3) is 5.56 Å². The molecule has 0 unspecified atom stereocenters. The van der Waals surface area contributed by atoms with Gasteiger partial charge < -0.3 is 19.6 Å². The molecule has 0 aliphatic carbocycles. The fraction of sp³-hybridized carbons (Fsp3) is 0.133. The molecule has 0 bridgehead atoms. The third-order valence-corrected chi connectivity index (χ3v) is 4.64. The molecular weight excluding hydrogens is 429 g/mol. The highest BCUT2D eigenvalue weighted by Crippen LogP contribution is 2.33. The van der Waals surface area contributed by atoms with Crippen LogP contribution >= 0.6 is 22.6 Å². The Morgan fingerprint density at radius 2 is 2.04 bits per heavy atom. The summed E-state index contributed by atoms with van der Waals surface area (Å²) < 4.78 is 12.6. The number of hydrogen-bond acceptors (Lipinski definition) is 5. The van der Waals surface area contributed by atoms with E-state index in [2.05, 4.69) is 10.1 Å². The van der Waals surface area contributed by atoms with Crippen LogP contribution in [-0.2, 0) is 0 Å². The fourth-order valence-corrected chi connectivity index (χ4v) is 3.37. The van der Waals surface area contributed by atoms with Crippen LogP contribution in [0.2, 0.25) is 0 Å². The molecule has 0 saturated carbocycles. The van der Waals surface area contributed by atoms with E-state index in [0.717, 1.165) is 0 Å². The van der Waals surface area contributed by atoms with Crippen LogP contribution in [0.25, 0.3) is 16.8 Å². The number of carboxylic acid groups (broad SMARTS) is 1. The van der Waals surface area contributed by atoms with Gasteiger partial charge in [-0.2, -0.15) is 5.10 Å². The van der Waals surface area contributed by atoms with Crippen LogP contribution in [0.15, 0.2) is 29.2 Å². The first-order valence-electron chi connectivity index (χ1n) is 6.99. The number of benzene rings is 1. The second-order valence-corrected chi connectivity index (χ2v) is 6.20. The number of nitrogens with zero attached hydrogens (tertiary/aromatic N) is 2. The van der Waals surface area contributed by atoms with Gasteiger partial charge in [-0.05, 0) is 40.8 Å². The van der Waals surface area contributed by atoms with Gasteiger partial charge in [0.15, 0.2) is 17.2 Å². The molecule has 8 nitrogen and oxygen atoms in total. The Bertz CT molecular complexity index is 1040. The van der Waals surface area contributed by atoms with Gasteiger partial charge in [-0.15, -0.1) is 0 Å². The molecule has 122 valence electrons. The van der Waals surface area contributed by atoms with Crippen molar-refractivity contribution in [1.82, 2.24) is 14.6 Å². The molecule has 0 atom stereocenters. The summed E-state index contributed by atoms with van der Waals surface area (Å²) in [6.07, 6.45) is 1.58. The molecule has 0 saturated heterocycles. The predicted octanol–water partition coefficient (Wildman–Crippen LogP) is 1.76. The Balaban J connectivity index is 1.89. The van der Waals surface area contributed by atoms with Gasteiger partial charge in [0, 0.05) is 5.56 Å². The van der Waals surface area contributed by atoms with Gasteiger partial charge in [-0.25, -0.2) is 9.31 Å². The largest absolute Gasteiger partial charge is 0.486 e. The molecule has 1 aromatic carbocycles. The number of nitrogens with one attached hydrogen (secondary N) is 1. The zero-order chi connectivity index (χ0) is 16.8. The number of aromatic carboxylic acids is 1. The summed E-state index contributed by atoms with van der Waals surface area (Å²) in [5, 5.41) is 13.1. The van der Waals surface area contributed by atoms with E-state index in [9.17, 15) is 9.59 Å². The predicted molar refractivity (Wildman–Crippen MR) is 91.9 cm³/mol. The average molecular weight is 439 g/mol. The lowest BCUT2D eigenvalue weighted by Crippen LogP contribution is -2.15. The van der Waals surface area contributed by atoms with Crippen molar-refractivity contribution in [1.29, 1.82) is 0 Å². The monoisotopic (exact) mass is 439 g/mol. The van der Waals surface area contributed by atoms with E-state index in [-0.39, 0.29) is 11.2 Å². The number of carboxylic acids is 1. The Hall–Kier alpha value is -2.56. The van der Waals surface area contributed by atoms with E-state index in [1.165, 1.54) is 4.52 Å². The standard InChI is InChI=1S/C15H10IN3O5/c16-11-12(15(21)22)18-19-6-8(17-14(20)13(11)19)7-1-2-9-10(5-7)24-4-3-23-9/h1-2,5-6H,3-4H2,(H,17,20)(H,21,22). The molecular formula is C15H10IN3O5. The van der Waals surface area contributed by atoms with Gasteiger partial charge in [-0.3, -0.25) is 4.79 Å². The summed E-state index contributed by atoms with van der Waals surface area (Å²) in [6.45, 7) is 0.962. The third-order valence-electron chi connectivity index (χ3n) is 3.62. The van der Waals surface area contributed by atoms with Crippen LogP contribution in [0, 0.1) is 3.57 Å². The summed E-state index contributed by atoms with van der Waals surface area (Å²) in [5.74, 6) is 0.0690. The minimum Gasteiger partial charge on any atom is -0.486 e. The van der Waals surface area contributed by atoms with Crippen LogP contribution in [0.4, 0.5) is 0 Å². The van der Waals surface area contributed by atoms with E-state index < -0.39 is 11.5 Å². The minimum absolute atomic E-state index is 0.152. The molecule has 3 heterocycles. The number of rotatable bonds is 2. The highest BCUT2D eigenvalue weighted by molar-refractivity contribution is 14.1. The van der Waals surface area contributed by atoms with Crippen molar-refractivity contribution < 1.29 is 19.4 Å². The van der Waals surface area contributed by atoms with Crippen molar-refractivity contribution in [3.63, 3.8) is 0 Å². The second kappa shape index (κ2) is 5.51. The van der Waals surface area contributed by atoms with Gasteiger partial charge in [-0.1, -0.05) is 0 Å². The van der Waals surface area contributed by atoms with E-state index >= 15 is 0 Å². The molecule has 9 heteroatoms. The summed E-state index contributed by atoms with van der Waals surface area (Å²) in [7, 11) is 0. The molecule has 0 spiro atoms. The Morgan fingerprint density at radius 3 is 2.79 bits per heavy atom. The second-order valence-electron chi connectivity index (χ2n) is 5.12. The number of ether oxygens (including phenoxy) is 2. The number of hydrogen-bond donors (Lipinski definition) is 2. The van der Waals surface area contributed by atoms with Crippen molar-refractivity contribution in [2.24, 2.45) is 0 Å². The van der Waals surface area contributed by atoms with E-state index in [1.807, 2.05) is 22.6 Å². The number of H-pyrrole nitrogens is 1. The summed E-state index contributed by atoms with van der Waals surface area (Å²) >= 11 is 1.81. The van der Waals surface area contributed by atoms with E-state index in [4.69, 9.17) is 14.6 Å². The Labute approximate surface area is 148 Å². The summed E-state index contributed by atoms with van der Waals surface area (Å²) in [5.41, 5.74) is 0.849. The first-order valence-corrected chi connectivity index (χ1v) is 8.07. The van der Waals surface area contributed by atoms with Gasteiger partial charge >= 0.3 is 5.97 Å². The molecule has 1 aliphatic heterocycles. The lowest BCUT2D eigenvalue weighted by Gasteiger charge is -2.18. The Kier molecular flexibility index (Phi) is 3.44. The van der Waals surface area contributed by atoms with Gasteiger partial charge in [0.1, 0.15) is 18.7 Å². The number of carbonyl (C=O) groups is 1. The fourth-order valence-electron chi connectivity index (χ4n) is 2.54. The molecule has 24 heavy (non-hydrogen) atoms.